The van der Waals surface area contributed by atoms with Crippen molar-refractivity contribution in [3.63, 3.8) is 0 Å². The van der Waals surface area contributed by atoms with Gasteiger partial charge in [0.1, 0.15) is 43.2 Å². The smallest absolute Gasteiger partial charge is 0.417 e. The highest BCUT2D eigenvalue weighted by Crippen LogP contribution is 2.35. The zero-order valence-corrected chi connectivity index (χ0v) is 73.2. The van der Waals surface area contributed by atoms with Crippen LogP contribution >= 0.6 is 0 Å². The number of carboxylic acid groups (broad SMARTS) is 4. The van der Waals surface area contributed by atoms with Crippen molar-refractivity contribution in [2.24, 2.45) is 0 Å². The first-order chi connectivity index (χ1) is 60.0. The maximum atomic E-state index is 13.3. The van der Waals surface area contributed by atoms with E-state index in [2.05, 4.69) is 133 Å². The second-order valence-electron chi connectivity index (χ2n) is 32.5. The Hall–Kier alpha value is -13.0. The normalized spacial score (nSPS) is 12.9. The number of halogens is 1. The molecule has 2 amide bonds. The standard InChI is InChI=1S/C26H27FN6O2.C23H30N6O4.C21H32N6O5.C17H28N6O2/c27-20-10-12-21(13-11-20)30-24-23-25(33(16-29-23)15-22(34)35)32-26(31-24)28-14-17-6-8-19(9-7-17)18-4-2-1-3-5-18;1-5-6-10-13-29(22(32)33-23(2,3)4)21-26-19(25-16-11-8-7-9-12-16)18-20(27-21)28(15-24-18)14-17(30)31;1-5-6-7-8-27(20(30)32-21(2,3)4)19-23-17(25-9-11-31-12-10-25)16-18(24-19)26(14-22-16)13-15(28)29;1-4-6-8-9-18-17-20-15(22(3)10-7-5-2)14-16(21-17)23(12-19-14)11-13(24)25/h6-13,16,18H,1-5,14-15H2,(H,34,35)(H2,28,30,31,32);7-9,11-12,15H,5-6,10,13-14H2,1-4H3,(H,30,31)(H,25,26,27);14H,5-13H2,1-4H3,(H,28,29);12H,4-11H2,1-3H3,(H,24,25)(H,18,20,21). The van der Waals surface area contributed by atoms with Crippen LogP contribution < -0.4 is 40.9 Å². The fourth-order valence-corrected chi connectivity index (χ4v) is 13.8. The molecule has 125 heavy (non-hydrogen) atoms. The van der Waals surface area contributed by atoms with E-state index in [-0.39, 0.29) is 43.9 Å². The number of nitrogens with one attached hydrogen (secondary N) is 4. The Balaban J connectivity index is 0.000000175. The lowest BCUT2D eigenvalue weighted by Gasteiger charge is -2.30. The molecule has 1 aliphatic carbocycles. The van der Waals surface area contributed by atoms with Gasteiger partial charge in [0.2, 0.25) is 23.8 Å². The summed E-state index contributed by atoms with van der Waals surface area (Å²) >= 11 is 0. The van der Waals surface area contributed by atoms with E-state index in [4.69, 9.17) is 24.3 Å². The Kier molecular flexibility index (Phi) is 34.2. The SMILES string of the molecule is CCCCCN(C(=O)OC(C)(C)C)c1nc(N2CCOCC2)c2ncn(CC(=O)O)c2n1.CCCCCN(C(=O)OC(C)(C)C)c1nc(Nc2ccccc2)c2ncn(CC(=O)O)c2n1.CCCCCNc1nc(N(C)CCCC)c2ncn(CC(=O)O)c2n1.O=C(O)Cn1cnc2c(Nc3ccc(F)cc3)nc(NCc3ccc(C4CCCCC4)cc3)nc21. The number of fused-ring (bicyclic) bond motifs is 4. The van der Waals surface area contributed by atoms with Gasteiger partial charge < -0.3 is 84.0 Å². The van der Waals surface area contributed by atoms with Crippen molar-refractivity contribution in [1.29, 1.82) is 0 Å². The number of imidazole rings is 4. The molecule has 0 bridgehead atoms. The summed E-state index contributed by atoms with van der Waals surface area (Å²) in [5, 5.41) is 49.8. The van der Waals surface area contributed by atoms with Crippen LogP contribution in [0.1, 0.15) is 189 Å². The molecule has 9 heterocycles. The average molecular weight is 1730 g/mol. The Morgan fingerprint density at radius 3 is 1.44 bits per heavy atom. The van der Waals surface area contributed by atoms with E-state index in [1.54, 1.807) is 58.2 Å². The number of hydrogen-bond donors (Lipinski definition) is 8. The van der Waals surface area contributed by atoms with E-state index in [1.807, 2.05) is 42.3 Å². The number of hydrogen-bond acceptors (Lipinski definition) is 27. The third kappa shape index (κ3) is 27.7. The van der Waals surface area contributed by atoms with Crippen molar-refractivity contribution in [3.8, 4) is 0 Å². The Bertz CT molecular complexity index is 5370. The Morgan fingerprint density at radius 1 is 0.488 bits per heavy atom. The van der Waals surface area contributed by atoms with E-state index in [0.717, 1.165) is 101 Å². The number of amides is 2. The number of benzene rings is 3. The summed E-state index contributed by atoms with van der Waals surface area (Å²) in [5.74, 6) is -0.410. The van der Waals surface area contributed by atoms with Crippen LogP contribution in [0.5, 0.6) is 0 Å². The number of aliphatic carboxylic acids is 4. The largest absolute Gasteiger partial charge is 0.480 e. The van der Waals surface area contributed by atoms with Crippen molar-refractivity contribution in [2.75, 3.05) is 100 Å². The van der Waals surface area contributed by atoms with E-state index in [9.17, 15) is 48.5 Å². The molecule has 13 rings (SSSR count). The van der Waals surface area contributed by atoms with Crippen LogP contribution in [-0.4, -0.2) is 205 Å². The topological polar surface area (TPSA) is 447 Å². The number of carbonyl (C=O) groups is 6. The molecule has 670 valence electrons. The van der Waals surface area contributed by atoms with Crippen LogP contribution in [-0.2, 0) is 66.1 Å². The molecule has 0 atom stereocenters. The molecule has 1 saturated carbocycles. The van der Waals surface area contributed by atoms with Crippen LogP contribution in [0.2, 0.25) is 0 Å². The number of carboxylic acids is 4. The summed E-state index contributed by atoms with van der Waals surface area (Å²) in [7, 11) is 1.98. The van der Waals surface area contributed by atoms with Gasteiger partial charge in [0.05, 0.1) is 38.5 Å². The predicted octanol–water partition coefficient (Wildman–Crippen LogP) is 15.5. The first kappa shape index (κ1) is 94.2. The van der Waals surface area contributed by atoms with Gasteiger partial charge in [-0.25, -0.2) is 43.7 Å². The van der Waals surface area contributed by atoms with E-state index >= 15 is 0 Å². The van der Waals surface area contributed by atoms with Crippen LogP contribution in [0.3, 0.4) is 0 Å². The molecule has 1 saturated heterocycles. The maximum Gasteiger partial charge on any atom is 0.417 e. The highest BCUT2D eigenvalue weighted by atomic mass is 19.1. The molecule has 0 spiro atoms. The summed E-state index contributed by atoms with van der Waals surface area (Å²) in [6.45, 7) is 23.5. The molecule has 8 aromatic heterocycles. The Morgan fingerprint density at radius 2 is 0.936 bits per heavy atom. The zero-order chi connectivity index (χ0) is 89.7. The van der Waals surface area contributed by atoms with Gasteiger partial charge >= 0.3 is 36.1 Å². The molecule has 11 aromatic rings. The number of aromatic nitrogens is 16. The van der Waals surface area contributed by atoms with E-state index in [1.165, 1.54) is 98.6 Å². The van der Waals surface area contributed by atoms with Crippen LogP contribution in [0, 0.1) is 5.82 Å². The fraction of sp³-hybridized carbons (Fsp3) is 0.494. The molecule has 3 aromatic carbocycles. The molecular formula is C87H117FN24O13. The van der Waals surface area contributed by atoms with Crippen LogP contribution in [0.25, 0.3) is 44.7 Å². The number of unbranched alkanes of at least 4 members (excludes halogenated alkanes) is 7. The number of ether oxygens (including phenoxy) is 3. The lowest BCUT2D eigenvalue weighted by atomic mass is 9.84. The minimum absolute atomic E-state index is 0.124. The van der Waals surface area contributed by atoms with Crippen molar-refractivity contribution in [1.82, 2.24) is 78.1 Å². The quantitative estimate of drug-likeness (QED) is 0.0169. The predicted molar refractivity (Wildman–Crippen MR) is 476 cm³/mol. The molecule has 2 fully saturated rings. The number of rotatable bonds is 36. The number of carbonyl (C=O) groups excluding carboxylic acids is 2. The molecule has 0 unspecified atom stereocenters. The summed E-state index contributed by atoms with van der Waals surface area (Å²) in [4.78, 5) is 132. The van der Waals surface area contributed by atoms with Crippen molar-refractivity contribution in [2.45, 2.75) is 222 Å². The highest BCUT2D eigenvalue weighted by molar-refractivity contribution is 5.93. The minimum Gasteiger partial charge on any atom is -0.480 e. The van der Waals surface area contributed by atoms with Crippen molar-refractivity contribution in [3.05, 3.63) is 121 Å². The number of nitrogens with zero attached hydrogens (tertiary/aromatic N) is 20. The lowest BCUT2D eigenvalue weighted by molar-refractivity contribution is -0.138. The van der Waals surface area contributed by atoms with Gasteiger partial charge in [-0.2, -0.15) is 39.9 Å². The van der Waals surface area contributed by atoms with Gasteiger partial charge in [-0.1, -0.05) is 134 Å². The second-order valence-corrected chi connectivity index (χ2v) is 32.5. The van der Waals surface area contributed by atoms with E-state index < -0.39 is 47.3 Å². The number of para-hydroxylation sites is 1. The molecular weight excluding hydrogens is 1610 g/mol. The van der Waals surface area contributed by atoms with Crippen molar-refractivity contribution >= 4 is 139 Å². The van der Waals surface area contributed by atoms with Gasteiger partial charge in [-0.3, -0.25) is 19.2 Å². The third-order valence-electron chi connectivity index (χ3n) is 19.9. The summed E-state index contributed by atoms with van der Waals surface area (Å²) in [6, 6.07) is 23.9. The van der Waals surface area contributed by atoms with Gasteiger partial charge in [0.15, 0.2) is 67.9 Å². The minimum atomic E-state index is -1.03. The Labute approximate surface area is 725 Å². The van der Waals surface area contributed by atoms with Crippen LogP contribution in [0.15, 0.2) is 104 Å². The number of anilines is 10. The first-order valence-corrected chi connectivity index (χ1v) is 42.7. The van der Waals surface area contributed by atoms with Gasteiger partial charge in [-0.05, 0) is 134 Å². The lowest BCUT2D eigenvalue weighted by Crippen LogP contribution is -2.40. The van der Waals surface area contributed by atoms with Gasteiger partial charge in [0, 0.05) is 64.2 Å². The molecule has 2 aliphatic rings. The highest BCUT2D eigenvalue weighted by Gasteiger charge is 2.32. The molecule has 8 N–H and O–H groups in total. The monoisotopic (exact) mass is 1720 g/mol. The first-order valence-electron chi connectivity index (χ1n) is 42.7. The molecule has 37 nitrogen and oxygen atoms in total. The van der Waals surface area contributed by atoms with E-state index in [0.29, 0.717) is 132 Å². The summed E-state index contributed by atoms with van der Waals surface area (Å²) in [6.07, 6.45) is 22.0. The number of morpholine rings is 1. The third-order valence-corrected chi connectivity index (χ3v) is 19.9. The zero-order valence-electron chi connectivity index (χ0n) is 73.2. The second kappa shape index (κ2) is 45.4. The fourth-order valence-electron chi connectivity index (χ4n) is 13.8. The van der Waals surface area contributed by atoms with Gasteiger partial charge in [0.25, 0.3) is 0 Å². The summed E-state index contributed by atoms with van der Waals surface area (Å²) in [5.41, 5.74) is 6.10. The maximum absolute atomic E-state index is 13.3. The average Bonchev–Trinajstić information content (AvgIpc) is 1.69. The summed E-state index contributed by atoms with van der Waals surface area (Å²) < 4.78 is 35.9. The van der Waals surface area contributed by atoms with Crippen LogP contribution in [0.4, 0.5) is 72.4 Å². The van der Waals surface area contributed by atoms with Crippen molar-refractivity contribution < 1.29 is 67.8 Å². The molecule has 1 aliphatic heterocycles. The molecule has 0 radical (unpaired) electrons. The van der Waals surface area contributed by atoms with Gasteiger partial charge in [-0.15, -0.1) is 0 Å². The molecule has 38 heteroatoms.